The highest BCUT2D eigenvalue weighted by Gasteiger charge is 2.08. The molecule has 0 saturated carbocycles. The zero-order valence-corrected chi connectivity index (χ0v) is 16.7. The molecule has 0 fully saturated rings. The van der Waals surface area contributed by atoms with Crippen molar-refractivity contribution >= 4 is 23.1 Å². The maximum absolute atomic E-state index is 13.5. The van der Waals surface area contributed by atoms with Crippen LogP contribution in [0, 0.1) is 5.82 Å². The summed E-state index contributed by atoms with van der Waals surface area (Å²) in [5.41, 5.74) is 3.22. The molecule has 3 aromatic carbocycles. The normalized spacial score (nSPS) is 10.4. The summed E-state index contributed by atoms with van der Waals surface area (Å²) in [6.07, 6.45) is 1.42. The van der Waals surface area contributed by atoms with Gasteiger partial charge < -0.3 is 15.4 Å². The van der Waals surface area contributed by atoms with Crippen LogP contribution in [0.3, 0.4) is 0 Å². The molecule has 0 unspecified atom stereocenters. The average Bonchev–Trinajstić information content (AvgIpc) is 2.80. The smallest absolute Gasteiger partial charge is 0.255 e. The van der Waals surface area contributed by atoms with E-state index in [0.29, 0.717) is 28.3 Å². The van der Waals surface area contributed by atoms with Crippen molar-refractivity contribution in [3.63, 3.8) is 0 Å². The van der Waals surface area contributed by atoms with E-state index in [-0.39, 0.29) is 11.7 Å². The molecule has 0 radical (unpaired) electrons. The number of nitrogens with zero attached hydrogens (tertiary/aromatic N) is 2. The Balaban J connectivity index is 1.43. The maximum Gasteiger partial charge on any atom is 0.255 e. The largest absolute Gasteiger partial charge is 0.497 e. The van der Waals surface area contributed by atoms with E-state index in [1.54, 1.807) is 73.8 Å². The van der Waals surface area contributed by atoms with Crippen molar-refractivity contribution in [1.82, 2.24) is 9.97 Å². The molecule has 6 nitrogen and oxygen atoms in total. The molecule has 0 atom stereocenters. The molecule has 4 rings (SSSR count). The SMILES string of the molecule is COc1ccc(NC(=O)c2ccc(Nc3cc(-c4cccc(F)c4)ncn3)cc2)cc1. The number of amides is 1. The fourth-order valence-corrected chi connectivity index (χ4v) is 2.96. The topological polar surface area (TPSA) is 76.1 Å². The predicted molar refractivity (Wildman–Crippen MR) is 118 cm³/mol. The standard InChI is InChI=1S/C24H19FN4O2/c1-31-21-11-9-20(10-12-21)29-24(30)16-5-7-19(8-6-16)28-23-14-22(26-15-27-23)17-3-2-4-18(25)13-17/h2-15H,1H3,(H,29,30)(H,26,27,28). The van der Waals surface area contributed by atoms with Crippen molar-refractivity contribution < 1.29 is 13.9 Å². The Kier molecular flexibility index (Phi) is 5.84. The first kappa shape index (κ1) is 20.0. The van der Waals surface area contributed by atoms with E-state index in [1.165, 1.54) is 18.5 Å². The van der Waals surface area contributed by atoms with Gasteiger partial charge in [-0.05, 0) is 60.7 Å². The van der Waals surface area contributed by atoms with E-state index in [0.717, 1.165) is 11.4 Å². The second-order valence-corrected chi connectivity index (χ2v) is 6.68. The number of rotatable bonds is 6. The quantitative estimate of drug-likeness (QED) is 0.449. The molecule has 1 heterocycles. The van der Waals surface area contributed by atoms with Crippen LogP contribution < -0.4 is 15.4 Å². The molecule has 1 aromatic heterocycles. The molecule has 154 valence electrons. The van der Waals surface area contributed by atoms with Crippen LogP contribution in [-0.4, -0.2) is 23.0 Å². The molecule has 0 aliphatic heterocycles. The van der Waals surface area contributed by atoms with E-state index in [9.17, 15) is 9.18 Å². The highest BCUT2D eigenvalue weighted by molar-refractivity contribution is 6.04. The Morgan fingerprint density at radius 1 is 0.903 bits per heavy atom. The number of hydrogen-bond acceptors (Lipinski definition) is 5. The minimum absolute atomic E-state index is 0.216. The van der Waals surface area contributed by atoms with Gasteiger partial charge >= 0.3 is 0 Å². The molecule has 0 bridgehead atoms. The zero-order valence-electron chi connectivity index (χ0n) is 16.7. The van der Waals surface area contributed by atoms with Crippen molar-refractivity contribution in [3.8, 4) is 17.0 Å². The second kappa shape index (κ2) is 9.04. The molecule has 0 saturated heterocycles. The number of anilines is 3. The highest BCUT2D eigenvalue weighted by Crippen LogP contribution is 2.22. The number of carbonyl (C=O) groups excluding carboxylic acids is 1. The fourth-order valence-electron chi connectivity index (χ4n) is 2.96. The van der Waals surface area contributed by atoms with Crippen LogP contribution in [0.4, 0.5) is 21.6 Å². The lowest BCUT2D eigenvalue weighted by Crippen LogP contribution is -2.11. The van der Waals surface area contributed by atoms with Gasteiger partial charge in [-0.3, -0.25) is 4.79 Å². The van der Waals surface area contributed by atoms with Gasteiger partial charge in [0.15, 0.2) is 0 Å². The van der Waals surface area contributed by atoms with Crippen molar-refractivity contribution in [2.24, 2.45) is 0 Å². The lowest BCUT2D eigenvalue weighted by molar-refractivity contribution is 0.102. The number of hydrogen-bond donors (Lipinski definition) is 2. The zero-order chi connectivity index (χ0) is 21.6. The van der Waals surface area contributed by atoms with E-state index in [2.05, 4.69) is 20.6 Å². The Bertz CT molecular complexity index is 1190. The predicted octanol–water partition coefficient (Wildman–Crippen LogP) is 5.29. The maximum atomic E-state index is 13.5. The average molecular weight is 414 g/mol. The van der Waals surface area contributed by atoms with Crippen LogP contribution in [-0.2, 0) is 0 Å². The number of ether oxygens (including phenoxy) is 1. The molecule has 0 aliphatic carbocycles. The van der Waals surface area contributed by atoms with Gasteiger partial charge in [-0.25, -0.2) is 14.4 Å². The molecule has 31 heavy (non-hydrogen) atoms. The van der Waals surface area contributed by atoms with Crippen molar-refractivity contribution in [2.75, 3.05) is 17.7 Å². The number of benzene rings is 3. The van der Waals surface area contributed by atoms with Gasteiger partial charge in [-0.1, -0.05) is 12.1 Å². The van der Waals surface area contributed by atoms with Gasteiger partial charge in [-0.15, -0.1) is 0 Å². The third-order valence-corrected chi connectivity index (χ3v) is 4.55. The number of halogens is 1. The van der Waals surface area contributed by atoms with Crippen molar-refractivity contribution in [2.45, 2.75) is 0 Å². The molecule has 2 N–H and O–H groups in total. The monoisotopic (exact) mass is 414 g/mol. The molecular formula is C24H19FN4O2. The minimum Gasteiger partial charge on any atom is -0.497 e. The number of nitrogens with one attached hydrogen (secondary N) is 2. The minimum atomic E-state index is -0.325. The summed E-state index contributed by atoms with van der Waals surface area (Å²) in [7, 11) is 1.59. The number of carbonyl (C=O) groups is 1. The van der Waals surface area contributed by atoms with Crippen molar-refractivity contribution in [3.05, 3.63) is 96.6 Å². The third-order valence-electron chi connectivity index (χ3n) is 4.55. The first-order chi connectivity index (χ1) is 15.1. The first-order valence-corrected chi connectivity index (χ1v) is 9.51. The summed E-state index contributed by atoms with van der Waals surface area (Å²) in [4.78, 5) is 20.9. The summed E-state index contributed by atoms with van der Waals surface area (Å²) >= 11 is 0. The van der Waals surface area contributed by atoms with E-state index >= 15 is 0 Å². The Hall–Kier alpha value is -4.26. The molecule has 1 amide bonds. The summed E-state index contributed by atoms with van der Waals surface area (Å²) in [6.45, 7) is 0. The Morgan fingerprint density at radius 3 is 2.35 bits per heavy atom. The van der Waals surface area contributed by atoms with Gasteiger partial charge in [-0.2, -0.15) is 0 Å². The van der Waals surface area contributed by atoms with Crippen LogP contribution in [0.2, 0.25) is 0 Å². The summed E-state index contributed by atoms with van der Waals surface area (Å²) in [5, 5.41) is 6.01. The highest BCUT2D eigenvalue weighted by atomic mass is 19.1. The number of methoxy groups -OCH3 is 1. The van der Waals surface area contributed by atoms with Gasteiger partial charge in [0.05, 0.1) is 12.8 Å². The van der Waals surface area contributed by atoms with E-state index in [4.69, 9.17) is 4.74 Å². The lowest BCUT2D eigenvalue weighted by atomic mass is 10.1. The second-order valence-electron chi connectivity index (χ2n) is 6.68. The summed E-state index contributed by atoms with van der Waals surface area (Å²) in [6, 6.07) is 22.1. The Labute approximate surface area is 178 Å². The van der Waals surface area contributed by atoms with Gasteiger partial charge in [0.1, 0.15) is 23.7 Å². The summed E-state index contributed by atoms with van der Waals surface area (Å²) in [5.74, 6) is 0.740. The molecule has 7 heteroatoms. The molecular weight excluding hydrogens is 395 g/mol. The van der Waals surface area contributed by atoms with Crippen LogP contribution in [0.5, 0.6) is 5.75 Å². The molecule has 0 aliphatic rings. The van der Waals surface area contributed by atoms with Crippen molar-refractivity contribution in [1.29, 1.82) is 0 Å². The molecule has 4 aromatic rings. The first-order valence-electron chi connectivity index (χ1n) is 9.51. The van der Waals surface area contributed by atoms with Crippen LogP contribution in [0.1, 0.15) is 10.4 Å². The number of aromatic nitrogens is 2. The van der Waals surface area contributed by atoms with Gasteiger partial charge in [0.2, 0.25) is 0 Å². The van der Waals surface area contributed by atoms with E-state index < -0.39 is 0 Å². The lowest BCUT2D eigenvalue weighted by Gasteiger charge is -2.09. The van der Waals surface area contributed by atoms with Gasteiger partial charge in [0.25, 0.3) is 5.91 Å². The third kappa shape index (κ3) is 5.02. The molecule has 0 spiro atoms. The Morgan fingerprint density at radius 2 is 1.65 bits per heavy atom. The van der Waals surface area contributed by atoms with Crippen LogP contribution >= 0.6 is 0 Å². The van der Waals surface area contributed by atoms with Gasteiger partial charge in [0, 0.05) is 28.6 Å². The van der Waals surface area contributed by atoms with E-state index in [1.807, 2.05) is 0 Å². The fraction of sp³-hybridized carbons (Fsp3) is 0.0417. The van der Waals surface area contributed by atoms with Crippen LogP contribution in [0.25, 0.3) is 11.3 Å². The van der Waals surface area contributed by atoms with Crippen LogP contribution in [0.15, 0.2) is 85.2 Å². The summed E-state index contributed by atoms with van der Waals surface area (Å²) < 4.78 is 18.6.